The molecule has 0 radical (unpaired) electrons. The van der Waals surface area contributed by atoms with Crippen LogP contribution >= 0.6 is 0 Å². The van der Waals surface area contributed by atoms with Gasteiger partial charge in [0.2, 0.25) is 0 Å². The normalized spacial score (nSPS) is 10.4. The zero-order valence-electron chi connectivity index (χ0n) is 13.5. The van der Waals surface area contributed by atoms with Crippen molar-refractivity contribution in [3.8, 4) is 5.69 Å². The van der Waals surface area contributed by atoms with Crippen LogP contribution in [0.2, 0.25) is 0 Å². The molecule has 25 heavy (non-hydrogen) atoms. The number of nitrogens with zero attached hydrogens (tertiary/aromatic N) is 3. The Bertz CT molecular complexity index is 919. The van der Waals surface area contributed by atoms with Crippen molar-refractivity contribution in [2.24, 2.45) is 0 Å². The van der Waals surface area contributed by atoms with Crippen LogP contribution in [0.15, 0.2) is 60.9 Å². The second-order valence-corrected chi connectivity index (χ2v) is 5.43. The molecule has 0 spiro atoms. The summed E-state index contributed by atoms with van der Waals surface area (Å²) in [5, 5.41) is 15.3. The number of carbonyl (C=O) groups is 1. The molecule has 1 heterocycles. The Kier molecular flexibility index (Phi) is 4.56. The summed E-state index contributed by atoms with van der Waals surface area (Å²) in [7, 11) is 0. The average molecular weight is 337 g/mol. The van der Waals surface area contributed by atoms with Gasteiger partial charge in [-0.2, -0.15) is 5.10 Å². The molecule has 0 aliphatic heterocycles. The van der Waals surface area contributed by atoms with Crippen LogP contribution in [0.1, 0.15) is 21.5 Å². The fourth-order valence-corrected chi connectivity index (χ4v) is 2.45. The summed E-state index contributed by atoms with van der Waals surface area (Å²) in [4.78, 5) is 22.8. The predicted molar refractivity (Wildman–Crippen MR) is 90.5 cm³/mol. The van der Waals surface area contributed by atoms with E-state index in [1.54, 1.807) is 30.1 Å². The van der Waals surface area contributed by atoms with E-state index in [1.165, 1.54) is 12.1 Å². The third kappa shape index (κ3) is 3.55. The molecule has 3 aromatic rings. The molecule has 0 atom stereocenters. The zero-order valence-corrected chi connectivity index (χ0v) is 13.5. The molecule has 0 aliphatic carbocycles. The van der Waals surface area contributed by atoms with Crippen LogP contribution < -0.4 is 0 Å². The van der Waals surface area contributed by atoms with Gasteiger partial charge in [0, 0.05) is 17.8 Å². The highest BCUT2D eigenvalue weighted by Gasteiger charge is 2.23. The van der Waals surface area contributed by atoms with Gasteiger partial charge < -0.3 is 4.74 Å². The van der Waals surface area contributed by atoms with E-state index in [-0.39, 0.29) is 17.9 Å². The Hall–Kier alpha value is -3.48. The maximum atomic E-state index is 12.3. The van der Waals surface area contributed by atoms with E-state index in [9.17, 15) is 14.9 Å². The molecule has 0 fully saturated rings. The van der Waals surface area contributed by atoms with Gasteiger partial charge in [-0.1, -0.05) is 30.3 Å². The van der Waals surface area contributed by atoms with E-state index < -0.39 is 10.9 Å². The van der Waals surface area contributed by atoms with E-state index in [1.807, 2.05) is 30.3 Å². The first-order chi connectivity index (χ1) is 12.1. The van der Waals surface area contributed by atoms with Gasteiger partial charge in [-0.05, 0) is 24.6 Å². The fourth-order valence-electron chi connectivity index (χ4n) is 2.45. The largest absolute Gasteiger partial charge is 0.457 e. The molecule has 0 saturated carbocycles. The van der Waals surface area contributed by atoms with Crippen molar-refractivity contribution in [1.82, 2.24) is 9.78 Å². The molecule has 2 aromatic carbocycles. The van der Waals surface area contributed by atoms with Crippen LogP contribution in [-0.2, 0) is 11.3 Å². The summed E-state index contributed by atoms with van der Waals surface area (Å²) in [6.07, 6.45) is 3.33. The molecular formula is C18H15N3O4. The third-order valence-corrected chi connectivity index (χ3v) is 3.68. The van der Waals surface area contributed by atoms with Crippen molar-refractivity contribution in [2.45, 2.75) is 13.5 Å². The standard InChI is InChI=1S/C18H15N3O4/c1-13-6-5-9-16(21(23)24)17(13)18(22)25-12-14-10-19-20(11-14)15-7-3-2-4-8-15/h2-11H,12H2,1H3. The summed E-state index contributed by atoms with van der Waals surface area (Å²) in [6, 6.07) is 14.0. The molecule has 0 amide bonds. The number of rotatable bonds is 5. The quantitative estimate of drug-likeness (QED) is 0.404. The lowest BCUT2D eigenvalue weighted by Crippen LogP contribution is -2.10. The number of aryl methyl sites for hydroxylation is 1. The average Bonchev–Trinajstić information content (AvgIpc) is 3.09. The Morgan fingerprint density at radius 3 is 2.68 bits per heavy atom. The molecule has 0 saturated heterocycles. The highest BCUT2D eigenvalue weighted by atomic mass is 16.6. The number of hydrogen-bond acceptors (Lipinski definition) is 5. The fraction of sp³-hybridized carbons (Fsp3) is 0.111. The van der Waals surface area contributed by atoms with E-state index >= 15 is 0 Å². The highest BCUT2D eigenvalue weighted by Crippen LogP contribution is 2.23. The summed E-state index contributed by atoms with van der Waals surface area (Å²) < 4.78 is 6.90. The van der Waals surface area contributed by atoms with Gasteiger partial charge in [0.1, 0.15) is 12.2 Å². The summed E-state index contributed by atoms with van der Waals surface area (Å²) in [6.45, 7) is 1.62. The molecular weight excluding hydrogens is 322 g/mol. The van der Waals surface area contributed by atoms with Gasteiger partial charge in [-0.25, -0.2) is 9.48 Å². The van der Waals surface area contributed by atoms with Gasteiger partial charge in [0.15, 0.2) is 0 Å². The minimum absolute atomic E-state index is 0.0167. The number of ether oxygens (including phenoxy) is 1. The number of nitro groups is 1. The number of esters is 1. The summed E-state index contributed by atoms with van der Waals surface area (Å²) >= 11 is 0. The number of carbonyl (C=O) groups excluding carboxylic acids is 1. The summed E-state index contributed by atoms with van der Waals surface area (Å²) in [5.41, 5.74) is 1.79. The molecule has 0 aliphatic rings. The highest BCUT2D eigenvalue weighted by molar-refractivity contribution is 5.95. The Balaban J connectivity index is 1.74. The van der Waals surface area contributed by atoms with Gasteiger partial charge in [-0.15, -0.1) is 0 Å². The Labute approximate surface area is 143 Å². The van der Waals surface area contributed by atoms with E-state index in [4.69, 9.17) is 4.74 Å². The first kappa shape index (κ1) is 16.4. The smallest absolute Gasteiger partial charge is 0.345 e. The molecule has 7 nitrogen and oxygen atoms in total. The topological polar surface area (TPSA) is 87.3 Å². The van der Waals surface area contributed by atoms with Crippen molar-refractivity contribution in [2.75, 3.05) is 0 Å². The predicted octanol–water partition coefficient (Wildman–Crippen LogP) is 3.45. The minimum Gasteiger partial charge on any atom is -0.457 e. The van der Waals surface area contributed by atoms with Gasteiger partial charge in [0.05, 0.1) is 16.8 Å². The van der Waals surface area contributed by atoms with Crippen LogP contribution in [0, 0.1) is 17.0 Å². The van der Waals surface area contributed by atoms with Crippen LogP contribution in [0.4, 0.5) is 5.69 Å². The zero-order chi connectivity index (χ0) is 17.8. The van der Waals surface area contributed by atoms with E-state index in [2.05, 4.69) is 5.10 Å². The SMILES string of the molecule is Cc1cccc([N+](=O)[O-])c1C(=O)OCc1cnn(-c2ccccc2)c1. The second-order valence-electron chi connectivity index (χ2n) is 5.43. The Morgan fingerprint density at radius 1 is 1.20 bits per heavy atom. The molecule has 3 rings (SSSR count). The Morgan fingerprint density at radius 2 is 1.96 bits per heavy atom. The summed E-state index contributed by atoms with van der Waals surface area (Å²) in [5.74, 6) is -0.725. The van der Waals surface area contributed by atoms with Crippen LogP contribution in [0.5, 0.6) is 0 Å². The van der Waals surface area contributed by atoms with Crippen LogP contribution in [-0.4, -0.2) is 20.7 Å². The number of hydrogen-bond donors (Lipinski definition) is 0. The lowest BCUT2D eigenvalue weighted by atomic mass is 10.1. The van der Waals surface area contributed by atoms with Gasteiger partial charge in [0.25, 0.3) is 5.69 Å². The molecule has 0 unspecified atom stereocenters. The van der Waals surface area contributed by atoms with Crippen molar-refractivity contribution in [3.05, 3.63) is 87.7 Å². The van der Waals surface area contributed by atoms with E-state index in [0.717, 1.165) is 5.69 Å². The third-order valence-electron chi connectivity index (χ3n) is 3.68. The number of benzene rings is 2. The lowest BCUT2D eigenvalue weighted by Gasteiger charge is -2.06. The molecule has 7 heteroatoms. The van der Waals surface area contributed by atoms with Crippen molar-refractivity contribution < 1.29 is 14.5 Å². The maximum Gasteiger partial charge on any atom is 0.345 e. The minimum atomic E-state index is -0.725. The monoisotopic (exact) mass is 337 g/mol. The van der Waals surface area contributed by atoms with Crippen molar-refractivity contribution in [1.29, 1.82) is 0 Å². The molecule has 1 aromatic heterocycles. The lowest BCUT2D eigenvalue weighted by molar-refractivity contribution is -0.385. The van der Waals surface area contributed by atoms with Crippen LogP contribution in [0.25, 0.3) is 5.69 Å². The van der Waals surface area contributed by atoms with E-state index in [0.29, 0.717) is 11.1 Å². The molecule has 0 bridgehead atoms. The maximum absolute atomic E-state index is 12.3. The van der Waals surface area contributed by atoms with Crippen molar-refractivity contribution >= 4 is 11.7 Å². The van der Waals surface area contributed by atoms with Gasteiger partial charge in [-0.3, -0.25) is 10.1 Å². The molecule has 126 valence electrons. The van der Waals surface area contributed by atoms with Crippen LogP contribution in [0.3, 0.4) is 0 Å². The first-order valence-electron chi connectivity index (χ1n) is 7.56. The second kappa shape index (κ2) is 6.96. The number of para-hydroxylation sites is 1. The molecule has 0 N–H and O–H groups in total. The first-order valence-corrected chi connectivity index (χ1v) is 7.56. The van der Waals surface area contributed by atoms with Crippen molar-refractivity contribution in [3.63, 3.8) is 0 Å². The number of aromatic nitrogens is 2. The van der Waals surface area contributed by atoms with Gasteiger partial charge >= 0.3 is 5.97 Å². The number of nitro benzene ring substituents is 1.